The lowest BCUT2D eigenvalue weighted by Gasteiger charge is -2.27. The topological polar surface area (TPSA) is 50.2 Å². The molecule has 1 aliphatic heterocycles. The Balaban J connectivity index is 0.00000208. The molecule has 7 heteroatoms. The van der Waals surface area contributed by atoms with Crippen molar-refractivity contribution in [3.8, 4) is 5.69 Å². The smallest absolute Gasteiger partial charge is 0.257 e. The van der Waals surface area contributed by atoms with Gasteiger partial charge in [0.25, 0.3) is 5.91 Å². The Morgan fingerprint density at radius 1 is 1.50 bits per heavy atom. The van der Waals surface area contributed by atoms with Crippen LogP contribution in [0.5, 0.6) is 0 Å². The summed E-state index contributed by atoms with van der Waals surface area (Å²) in [5.41, 5.74) is 1.58. The van der Waals surface area contributed by atoms with Gasteiger partial charge in [-0.25, -0.2) is 4.68 Å². The summed E-state index contributed by atoms with van der Waals surface area (Å²) in [6, 6.07) is 8.16. The van der Waals surface area contributed by atoms with Gasteiger partial charge in [-0.3, -0.25) is 4.79 Å². The van der Waals surface area contributed by atoms with Gasteiger partial charge in [0.15, 0.2) is 0 Å². The molecule has 1 aromatic heterocycles. The molecule has 5 nitrogen and oxygen atoms in total. The molecule has 3 rings (SSSR count). The minimum atomic E-state index is 0. The van der Waals surface area contributed by atoms with E-state index in [-0.39, 0.29) is 24.4 Å². The largest absolute Gasteiger partial charge is 0.334 e. The third kappa shape index (κ3) is 4.18. The monoisotopic (exact) mass is 412 g/mol. The first-order valence-corrected chi connectivity index (χ1v) is 8.80. The van der Waals surface area contributed by atoms with E-state index in [9.17, 15) is 4.79 Å². The van der Waals surface area contributed by atoms with Gasteiger partial charge in [0.1, 0.15) is 0 Å². The average molecular weight is 414 g/mol. The van der Waals surface area contributed by atoms with Crippen molar-refractivity contribution in [3.05, 3.63) is 46.7 Å². The van der Waals surface area contributed by atoms with Crippen LogP contribution >= 0.6 is 28.3 Å². The molecule has 1 aromatic carbocycles. The highest BCUT2D eigenvalue weighted by Crippen LogP contribution is 2.17. The number of aromatic nitrogens is 2. The predicted molar refractivity (Wildman–Crippen MR) is 101 cm³/mol. The Hall–Kier alpha value is -1.37. The van der Waals surface area contributed by atoms with Crippen molar-refractivity contribution in [1.82, 2.24) is 20.0 Å². The van der Waals surface area contributed by atoms with Crippen molar-refractivity contribution in [2.75, 3.05) is 19.6 Å². The first-order valence-electron chi connectivity index (χ1n) is 8.01. The van der Waals surface area contributed by atoms with E-state index in [0.29, 0.717) is 5.56 Å². The molecule has 1 N–H and O–H groups in total. The Morgan fingerprint density at radius 3 is 3.00 bits per heavy atom. The van der Waals surface area contributed by atoms with E-state index < -0.39 is 0 Å². The number of carbonyl (C=O) groups excluding carboxylic acids is 1. The Morgan fingerprint density at radius 2 is 2.33 bits per heavy atom. The van der Waals surface area contributed by atoms with E-state index in [1.54, 1.807) is 10.9 Å². The highest BCUT2D eigenvalue weighted by Gasteiger charge is 2.27. The van der Waals surface area contributed by atoms with Crippen molar-refractivity contribution in [2.45, 2.75) is 25.8 Å². The van der Waals surface area contributed by atoms with E-state index in [0.717, 1.165) is 42.6 Å². The molecule has 0 aliphatic carbocycles. The van der Waals surface area contributed by atoms with Crippen molar-refractivity contribution >= 4 is 34.2 Å². The molecule has 0 saturated carbocycles. The summed E-state index contributed by atoms with van der Waals surface area (Å²) in [6.45, 7) is 4.75. The van der Waals surface area contributed by atoms with Crippen LogP contribution in [-0.4, -0.2) is 46.3 Å². The Bertz CT molecular complexity index is 685. The van der Waals surface area contributed by atoms with Gasteiger partial charge < -0.3 is 10.2 Å². The van der Waals surface area contributed by atoms with Crippen LogP contribution in [0.1, 0.15) is 30.1 Å². The first-order chi connectivity index (χ1) is 11.2. The highest BCUT2D eigenvalue weighted by atomic mass is 79.9. The average Bonchev–Trinajstić information content (AvgIpc) is 3.23. The molecular formula is C17H22BrClN4O. The second-order valence-electron chi connectivity index (χ2n) is 5.80. The van der Waals surface area contributed by atoms with Crippen molar-refractivity contribution in [3.63, 3.8) is 0 Å². The van der Waals surface area contributed by atoms with Crippen LogP contribution in [0.25, 0.3) is 5.69 Å². The number of hydrogen-bond donors (Lipinski definition) is 1. The predicted octanol–water partition coefficient (Wildman–Crippen LogP) is 3.27. The maximum atomic E-state index is 12.9. The lowest BCUT2D eigenvalue weighted by molar-refractivity contribution is 0.0692. The maximum Gasteiger partial charge on any atom is 0.257 e. The van der Waals surface area contributed by atoms with E-state index in [1.165, 1.54) is 0 Å². The molecular weight excluding hydrogens is 392 g/mol. The van der Waals surface area contributed by atoms with Crippen LogP contribution in [0.3, 0.4) is 0 Å². The van der Waals surface area contributed by atoms with Crippen LogP contribution in [-0.2, 0) is 0 Å². The van der Waals surface area contributed by atoms with Crippen LogP contribution < -0.4 is 5.32 Å². The zero-order chi connectivity index (χ0) is 16.2. The summed E-state index contributed by atoms with van der Waals surface area (Å²) < 4.78 is 2.73. The fraction of sp³-hybridized carbons (Fsp3) is 0.412. The summed E-state index contributed by atoms with van der Waals surface area (Å²) in [4.78, 5) is 14.9. The van der Waals surface area contributed by atoms with Gasteiger partial charge in [-0.2, -0.15) is 5.10 Å². The minimum Gasteiger partial charge on any atom is -0.334 e. The number of amides is 1. The summed E-state index contributed by atoms with van der Waals surface area (Å²) >= 11 is 3.46. The van der Waals surface area contributed by atoms with E-state index >= 15 is 0 Å². The van der Waals surface area contributed by atoms with E-state index in [1.807, 2.05) is 35.4 Å². The van der Waals surface area contributed by atoms with Crippen LogP contribution in [0.15, 0.2) is 41.1 Å². The summed E-state index contributed by atoms with van der Waals surface area (Å²) in [5.74, 6) is 0.0711. The normalized spacial score (nSPS) is 16.7. The first kappa shape index (κ1) is 19.0. The van der Waals surface area contributed by atoms with Crippen LogP contribution in [0.4, 0.5) is 0 Å². The lowest BCUT2D eigenvalue weighted by Crippen LogP contribution is -2.42. The lowest BCUT2D eigenvalue weighted by atomic mass is 10.1. The van der Waals surface area contributed by atoms with Gasteiger partial charge >= 0.3 is 0 Å². The number of rotatable bonds is 5. The number of nitrogens with one attached hydrogen (secondary N) is 1. The number of carbonyl (C=O) groups is 1. The molecule has 2 heterocycles. The fourth-order valence-corrected chi connectivity index (χ4v) is 3.34. The molecule has 1 fully saturated rings. The summed E-state index contributed by atoms with van der Waals surface area (Å²) in [5, 5.41) is 7.69. The Kier molecular flexibility index (Phi) is 6.83. The van der Waals surface area contributed by atoms with Gasteiger partial charge in [-0.05, 0) is 37.6 Å². The van der Waals surface area contributed by atoms with Gasteiger partial charge in [0, 0.05) is 29.8 Å². The van der Waals surface area contributed by atoms with E-state index in [2.05, 4.69) is 33.3 Å². The van der Waals surface area contributed by atoms with E-state index in [4.69, 9.17) is 0 Å². The molecule has 1 aliphatic rings. The van der Waals surface area contributed by atoms with Crippen molar-refractivity contribution in [1.29, 1.82) is 0 Å². The zero-order valence-electron chi connectivity index (χ0n) is 13.6. The minimum absolute atomic E-state index is 0. The number of hydrogen-bond acceptors (Lipinski definition) is 3. The summed E-state index contributed by atoms with van der Waals surface area (Å²) in [7, 11) is 0. The van der Waals surface area contributed by atoms with Gasteiger partial charge in [-0.1, -0.05) is 28.9 Å². The molecule has 1 amide bonds. The second kappa shape index (κ2) is 8.65. The van der Waals surface area contributed by atoms with Crippen molar-refractivity contribution in [2.24, 2.45) is 0 Å². The molecule has 130 valence electrons. The van der Waals surface area contributed by atoms with Crippen LogP contribution in [0.2, 0.25) is 0 Å². The molecule has 24 heavy (non-hydrogen) atoms. The Labute approximate surface area is 157 Å². The van der Waals surface area contributed by atoms with Gasteiger partial charge in [0.05, 0.1) is 17.4 Å². The number of halogens is 2. The molecule has 0 spiro atoms. The van der Waals surface area contributed by atoms with Crippen molar-refractivity contribution < 1.29 is 4.79 Å². The molecule has 2 aromatic rings. The molecule has 1 unspecified atom stereocenters. The third-order valence-electron chi connectivity index (χ3n) is 4.10. The van der Waals surface area contributed by atoms with Gasteiger partial charge in [0.2, 0.25) is 0 Å². The van der Waals surface area contributed by atoms with Crippen LogP contribution in [0, 0.1) is 0 Å². The zero-order valence-corrected chi connectivity index (χ0v) is 16.0. The summed E-state index contributed by atoms with van der Waals surface area (Å²) in [6.07, 6.45) is 5.46. The number of nitrogens with zero attached hydrogens (tertiary/aromatic N) is 3. The SMILES string of the molecule is CCCN(C(=O)c1cnn(-c2cccc(Br)c2)c1)C1CCNC1.Cl. The molecule has 0 bridgehead atoms. The quantitative estimate of drug-likeness (QED) is 0.818. The standard InChI is InChI=1S/C17H21BrN4O.ClH/c1-2-8-21(16-6-7-19-11-16)17(23)13-10-20-22(12-13)15-5-3-4-14(18)9-15;/h3-5,9-10,12,16,19H,2,6-8,11H2,1H3;1H. The van der Waals surface area contributed by atoms with Gasteiger partial charge in [-0.15, -0.1) is 12.4 Å². The maximum absolute atomic E-state index is 12.9. The molecule has 1 atom stereocenters. The number of benzene rings is 1. The second-order valence-corrected chi connectivity index (χ2v) is 6.71. The molecule has 1 saturated heterocycles. The highest BCUT2D eigenvalue weighted by molar-refractivity contribution is 9.10. The molecule has 0 radical (unpaired) electrons. The fourth-order valence-electron chi connectivity index (χ4n) is 2.96. The third-order valence-corrected chi connectivity index (χ3v) is 4.60.